The fraction of sp³-hybridized carbons (Fsp3) is 0.476. The summed E-state index contributed by atoms with van der Waals surface area (Å²) in [6, 6.07) is 10.6. The summed E-state index contributed by atoms with van der Waals surface area (Å²) in [5, 5.41) is 19.3. The lowest BCUT2D eigenvalue weighted by atomic mass is 9.94. The number of nitrogens with one attached hydrogen (secondary N) is 1. The van der Waals surface area contributed by atoms with E-state index in [9.17, 15) is 5.11 Å². The lowest BCUT2D eigenvalue weighted by molar-refractivity contribution is 0.159. The minimum atomic E-state index is 0.0436. The average Bonchev–Trinajstić information content (AvgIpc) is 3.37. The zero-order chi connectivity index (χ0) is 19.1. The number of aromatic nitrogens is 4. The third-order valence-electron chi connectivity index (χ3n) is 6.15. The molecule has 1 aromatic carbocycles. The van der Waals surface area contributed by atoms with Crippen molar-refractivity contribution in [3.63, 3.8) is 0 Å². The van der Waals surface area contributed by atoms with Gasteiger partial charge in [0.2, 0.25) is 5.88 Å². The van der Waals surface area contributed by atoms with Gasteiger partial charge in [0.25, 0.3) is 0 Å². The highest BCUT2D eigenvalue weighted by Gasteiger charge is 2.29. The molecule has 0 spiro atoms. The van der Waals surface area contributed by atoms with Gasteiger partial charge in [-0.25, -0.2) is 9.67 Å². The number of fused-ring (bicyclic) bond motifs is 1. The van der Waals surface area contributed by atoms with Crippen molar-refractivity contribution in [2.24, 2.45) is 0 Å². The molecule has 2 fully saturated rings. The standard InChI is InChI=1S/C21H26N6O/c1-14-18-20(27(25-14)16-5-3-2-4-6-16)23-19(24-21(18)28)15-8-11-26(12-9-15)17-7-10-22-13-17/h2-6,15,17,22H,7-13H2,1H3,(H,23,24,28). The van der Waals surface area contributed by atoms with Gasteiger partial charge >= 0.3 is 0 Å². The van der Waals surface area contributed by atoms with Crippen LogP contribution in [0.25, 0.3) is 16.7 Å². The highest BCUT2D eigenvalue weighted by Crippen LogP contribution is 2.32. The van der Waals surface area contributed by atoms with Gasteiger partial charge < -0.3 is 10.4 Å². The van der Waals surface area contributed by atoms with E-state index in [1.165, 1.54) is 6.42 Å². The van der Waals surface area contributed by atoms with E-state index in [-0.39, 0.29) is 11.8 Å². The van der Waals surface area contributed by atoms with E-state index in [0.717, 1.165) is 56.2 Å². The van der Waals surface area contributed by atoms with Gasteiger partial charge in [0.05, 0.1) is 11.4 Å². The molecule has 2 aromatic heterocycles. The second-order valence-electron chi connectivity index (χ2n) is 7.89. The molecule has 1 unspecified atom stereocenters. The summed E-state index contributed by atoms with van der Waals surface area (Å²) in [5.74, 6) is 1.06. The molecule has 5 rings (SSSR count). The first-order valence-electron chi connectivity index (χ1n) is 10.2. The lowest BCUT2D eigenvalue weighted by Crippen LogP contribution is -2.42. The molecule has 0 amide bonds. The summed E-state index contributed by atoms with van der Waals surface area (Å²) in [7, 11) is 0. The fourth-order valence-electron chi connectivity index (χ4n) is 4.58. The smallest absolute Gasteiger partial charge is 0.225 e. The van der Waals surface area contributed by atoms with Crippen molar-refractivity contribution in [1.29, 1.82) is 0 Å². The number of rotatable bonds is 3. The van der Waals surface area contributed by atoms with Gasteiger partial charge in [-0.3, -0.25) is 4.90 Å². The first-order chi connectivity index (χ1) is 13.7. The normalized spacial score (nSPS) is 21.5. The number of para-hydroxylation sites is 1. The molecule has 28 heavy (non-hydrogen) atoms. The number of aryl methyl sites for hydroxylation is 1. The Kier molecular flexibility index (Phi) is 4.49. The average molecular weight is 378 g/mol. The predicted molar refractivity (Wildman–Crippen MR) is 108 cm³/mol. The number of hydrogen-bond acceptors (Lipinski definition) is 6. The molecular weight excluding hydrogens is 352 g/mol. The van der Waals surface area contributed by atoms with Gasteiger partial charge in [0.15, 0.2) is 5.65 Å². The molecule has 7 heteroatoms. The van der Waals surface area contributed by atoms with Crippen molar-refractivity contribution in [2.45, 2.75) is 38.1 Å². The molecule has 3 aromatic rings. The Labute approximate surface area is 164 Å². The molecule has 2 aliphatic rings. The van der Waals surface area contributed by atoms with Crippen LogP contribution in [0.4, 0.5) is 0 Å². The first-order valence-corrected chi connectivity index (χ1v) is 10.2. The van der Waals surface area contributed by atoms with Crippen LogP contribution in [0.2, 0.25) is 0 Å². The molecule has 4 heterocycles. The molecule has 2 aliphatic heterocycles. The van der Waals surface area contributed by atoms with Crippen molar-refractivity contribution in [2.75, 3.05) is 26.2 Å². The molecule has 2 saturated heterocycles. The zero-order valence-electron chi connectivity index (χ0n) is 16.2. The third-order valence-corrected chi connectivity index (χ3v) is 6.15. The summed E-state index contributed by atoms with van der Waals surface area (Å²) in [5.41, 5.74) is 2.37. The number of nitrogens with zero attached hydrogens (tertiary/aromatic N) is 5. The van der Waals surface area contributed by atoms with E-state index in [0.29, 0.717) is 17.1 Å². The number of piperidine rings is 1. The molecule has 0 radical (unpaired) electrons. The number of aromatic hydroxyl groups is 1. The van der Waals surface area contributed by atoms with E-state index < -0.39 is 0 Å². The highest BCUT2D eigenvalue weighted by molar-refractivity contribution is 5.84. The van der Waals surface area contributed by atoms with Crippen LogP contribution in [-0.4, -0.2) is 62.0 Å². The Balaban J connectivity index is 1.46. The largest absolute Gasteiger partial charge is 0.493 e. The topological polar surface area (TPSA) is 79.1 Å². The molecule has 2 N–H and O–H groups in total. The van der Waals surface area contributed by atoms with Gasteiger partial charge in [-0.05, 0) is 58.0 Å². The van der Waals surface area contributed by atoms with Crippen molar-refractivity contribution in [1.82, 2.24) is 30.0 Å². The van der Waals surface area contributed by atoms with Gasteiger partial charge in [-0.15, -0.1) is 0 Å². The third kappa shape index (κ3) is 3.04. The van der Waals surface area contributed by atoms with E-state index in [1.807, 2.05) is 41.9 Å². The molecule has 1 atom stereocenters. The minimum Gasteiger partial charge on any atom is -0.493 e. The van der Waals surface area contributed by atoms with Crippen LogP contribution in [0.15, 0.2) is 30.3 Å². The molecule has 0 aliphatic carbocycles. The van der Waals surface area contributed by atoms with Crippen LogP contribution < -0.4 is 5.32 Å². The predicted octanol–water partition coefficient (Wildman–Crippen LogP) is 2.37. The van der Waals surface area contributed by atoms with Crippen molar-refractivity contribution < 1.29 is 5.11 Å². The summed E-state index contributed by atoms with van der Waals surface area (Å²) in [6.07, 6.45) is 3.29. The van der Waals surface area contributed by atoms with E-state index in [4.69, 9.17) is 4.98 Å². The summed E-state index contributed by atoms with van der Waals surface area (Å²) >= 11 is 0. The van der Waals surface area contributed by atoms with Gasteiger partial charge in [0, 0.05) is 18.5 Å². The van der Waals surface area contributed by atoms with Crippen LogP contribution in [0.5, 0.6) is 5.88 Å². The van der Waals surface area contributed by atoms with Crippen molar-refractivity contribution in [3.8, 4) is 11.6 Å². The Morgan fingerprint density at radius 1 is 1.07 bits per heavy atom. The second kappa shape index (κ2) is 7.14. The van der Waals surface area contributed by atoms with Crippen LogP contribution in [0.3, 0.4) is 0 Å². The quantitative estimate of drug-likeness (QED) is 0.728. The monoisotopic (exact) mass is 378 g/mol. The highest BCUT2D eigenvalue weighted by atomic mass is 16.3. The maximum Gasteiger partial charge on any atom is 0.225 e. The molecular formula is C21H26N6O. The molecule has 0 bridgehead atoms. The Hall–Kier alpha value is -2.51. The van der Waals surface area contributed by atoms with Crippen LogP contribution >= 0.6 is 0 Å². The van der Waals surface area contributed by atoms with E-state index in [1.54, 1.807) is 0 Å². The van der Waals surface area contributed by atoms with Crippen LogP contribution in [0, 0.1) is 6.92 Å². The van der Waals surface area contributed by atoms with Crippen molar-refractivity contribution in [3.05, 3.63) is 41.9 Å². The Morgan fingerprint density at radius 3 is 2.57 bits per heavy atom. The van der Waals surface area contributed by atoms with Crippen LogP contribution in [-0.2, 0) is 0 Å². The van der Waals surface area contributed by atoms with Crippen LogP contribution in [0.1, 0.15) is 36.7 Å². The SMILES string of the molecule is Cc1nn(-c2ccccc2)c2nc(C3CCN(C4CCNC4)CC3)nc(O)c12. The zero-order valence-corrected chi connectivity index (χ0v) is 16.2. The Morgan fingerprint density at radius 2 is 1.86 bits per heavy atom. The second-order valence-corrected chi connectivity index (χ2v) is 7.89. The van der Waals surface area contributed by atoms with Gasteiger partial charge in [0.1, 0.15) is 11.2 Å². The first kappa shape index (κ1) is 17.6. The fourth-order valence-corrected chi connectivity index (χ4v) is 4.58. The molecule has 146 valence electrons. The minimum absolute atomic E-state index is 0.0436. The lowest BCUT2D eigenvalue weighted by Gasteiger charge is -2.35. The summed E-state index contributed by atoms with van der Waals surface area (Å²) < 4.78 is 1.81. The van der Waals surface area contributed by atoms with E-state index in [2.05, 4.69) is 20.3 Å². The summed E-state index contributed by atoms with van der Waals surface area (Å²) in [4.78, 5) is 11.9. The Bertz CT molecular complexity index is 971. The summed E-state index contributed by atoms with van der Waals surface area (Å²) in [6.45, 7) is 6.25. The van der Waals surface area contributed by atoms with Crippen molar-refractivity contribution >= 4 is 11.0 Å². The van der Waals surface area contributed by atoms with E-state index >= 15 is 0 Å². The van der Waals surface area contributed by atoms with Gasteiger partial charge in [-0.2, -0.15) is 10.1 Å². The molecule has 0 saturated carbocycles. The number of benzene rings is 1. The molecule has 7 nitrogen and oxygen atoms in total. The number of hydrogen-bond donors (Lipinski definition) is 2. The number of likely N-dealkylation sites (tertiary alicyclic amines) is 1. The maximum absolute atomic E-state index is 10.6. The maximum atomic E-state index is 10.6. The van der Waals surface area contributed by atoms with Gasteiger partial charge in [-0.1, -0.05) is 18.2 Å².